The van der Waals surface area contributed by atoms with Gasteiger partial charge < -0.3 is 9.52 Å². The Balaban J connectivity index is 1.54. The van der Waals surface area contributed by atoms with Crippen LogP contribution in [0.15, 0.2) is 71.7 Å². The lowest BCUT2D eigenvalue weighted by Gasteiger charge is -2.32. The summed E-state index contributed by atoms with van der Waals surface area (Å²) in [6, 6.07) is 14.1. The average molecular weight is 459 g/mol. The first kappa shape index (κ1) is 22.1. The second-order valence-electron chi connectivity index (χ2n) is 7.69. The minimum atomic E-state index is -1.69. The largest absolute Gasteiger partial charge is 0.460 e. The molecule has 166 valence electrons. The monoisotopic (exact) mass is 458 g/mol. The van der Waals surface area contributed by atoms with Crippen molar-refractivity contribution in [2.45, 2.75) is 18.7 Å². The van der Waals surface area contributed by atoms with Gasteiger partial charge in [0.1, 0.15) is 41.4 Å². The van der Waals surface area contributed by atoms with Crippen LogP contribution in [-0.4, -0.2) is 38.4 Å². The summed E-state index contributed by atoms with van der Waals surface area (Å²) in [6.45, 7) is 0.330. The SMILES string of the molecule is CN(Cc1ccc(-c2ccc(Cl)cc2)o1)CC(O)(Cn1cncn1)c1ccc(F)cc1F. The average Bonchev–Trinajstić information content (AvgIpc) is 3.40. The lowest BCUT2D eigenvalue weighted by Crippen LogP contribution is -2.43. The van der Waals surface area contributed by atoms with Crippen LogP contribution in [0.4, 0.5) is 8.78 Å². The molecule has 1 atom stereocenters. The first-order valence-electron chi connectivity index (χ1n) is 9.86. The number of likely N-dealkylation sites (N-methyl/N-ethyl adjacent to an activating group) is 1. The summed E-state index contributed by atoms with van der Waals surface area (Å²) in [5.41, 5.74) is -0.826. The number of hydrogen-bond donors (Lipinski definition) is 1. The van der Waals surface area contributed by atoms with E-state index in [1.807, 2.05) is 24.3 Å². The molecule has 0 fully saturated rings. The van der Waals surface area contributed by atoms with Crippen LogP contribution in [0.2, 0.25) is 5.02 Å². The van der Waals surface area contributed by atoms with Crippen molar-refractivity contribution >= 4 is 11.6 Å². The van der Waals surface area contributed by atoms with Gasteiger partial charge >= 0.3 is 0 Å². The molecule has 0 aliphatic heterocycles. The highest BCUT2D eigenvalue weighted by molar-refractivity contribution is 6.30. The maximum absolute atomic E-state index is 14.6. The number of rotatable bonds is 8. The maximum atomic E-state index is 14.6. The van der Waals surface area contributed by atoms with Crippen molar-refractivity contribution in [2.75, 3.05) is 13.6 Å². The van der Waals surface area contributed by atoms with Crippen LogP contribution in [-0.2, 0) is 18.7 Å². The van der Waals surface area contributed by atoms with Gasteiger partial charge in [0.05, 0.1) is 13.1 Å². The van der Waals surface area contributed by atoms with Crippen molar-refractivity contribution in [1.29, 1.82) is 0 Å². The third-order valence-electron chi connectivity index (χ3n) is 5.07. The van der Waals surface area contributed by atoms with Crippen molar-refractivity contribution < 1.29 is 18.3 Å². The van der Waals surface area contributed by atoms with Gasteiger partial charge in [-0.2, -0.15) is 5.10 Å². The van der Waals surface area contributed by atoms with Crippen LogP contribution in [0.25, 0.3) is 11.3 Å². The van der Waals surface area contributed by atoms with E-state index in [1.54, 1.807) is 24.1 Å². The molecule has 2 aromatic heterocycles. The lowest BCUT2D eigenvalue weighted by molar-refractivity contribution is -0.0185. The first-order chi connectivity index (χ1) is 15.3. The summed E-state index contributed by atoms with van der Waals surface area (Å²) >= 11 is 5.94. The molecule has 0 aliphatic rings. The molecule has 0 spiro atoms. The number of aliphatic hydroxyl groups is 1. The van der Waals surface area contributed by atoms with Gasteiger partial charge in [-0.1, -0.05) is 17.7 Å². The zero-order valence-corrected chi connectivity index (χ0v) is 18.0. The molecular weight excluding hydrogens is 438 g/mol. The van der Waals surface area contributed by atoms with Crippen LogP contribution in [0.1, 0.15) is 11.3 Å². The highest BCUT2D eigenvalue weighted by atomic mass is 35.5. The molecule has 0 amide bonds. The molecule has 2 aromatic carbocycles. The Morgan fingerprint density at radius 3 is 2.59 bits per heavy atom. The van der Waals surface area contributed by atoms with Gasteiger partial charge in [0.15, 0.2) is 0 Å². The molecule has 32 heavy (non-hydrogen) atoms. The number of furan rings is 1. The molecule has 2 heterocycles. The molecular formula is C23H21ClF2N4O2. The number of nitrogens with zero attached hydrogens (tertiary/aromatic N) is 4. The van der Waals surface area contributed by atoms with Gasteiger partial charge in [-0.25, -0.2) is 18.4 Å². The summed E-state index contributed by atoms with van der Waals surface area (Å²) in [5, 5.41) is 16.1. The highest BCUT2D eigenvalue weighted by Gasteiger charge is 2.35. The van der Waals surface area contributed by atoms with Crippen LogP contribution < -0.4 is 0 Å². The van der Waals surface area contributed by atoms with Crippen LogP contribution >= 0.6 is 11.6 Å². The summed E-state index contributed by atoms with van der Waals surface area (Å²) < 4.78 is 35.4. The van der Waals surface area contributed by atoms with E-state index in [0.717, 1.165) is 17.7 Å². The van der Waals surface area contributed by atoms with Crippen molar-refractivity contribution in [3.63, 3.8) is 0 Å². The molecule has 1 N–H and O–H groups in total. The maximum Gasteiger partial charge on any atom is 0.137 e. The van der Waals surface area contributed by atoms with Gasteiger partial charge in [-0.15, -0.1) is 0 Å². The fraction of sp³-hybridized carbons (Fsp3) is 0.217. The fourth-order valence-corrected chi connectivity index (χ4v) is 3.80. The summed E-state index contributed by atoms with van der Waals surface area (Å²) in [4.78, 5) is 5.67. The van der Waals surface area contributed by atoms with Gasteiger partial charge in [0, 0.05) is 28.8 Å². The Morgan fingerprint density at radius 1 is 1.12 bits per heavy atom. The fourth-order valence-electron chi connectivity index (χ4n) is 3.67. The Labute approximate surface area is 188 Å². The van der Waals surface area contributed by atoms with Gasteiger partial charge in [-0.05, 0) is 49.5 Å². The third-order valence-corrected chi connectivity index (χ3v) is 5.32. The van der Waals surface area contributed by atoms with Gasteiger partial charge in [0.25, 0.3) is 0 Å². The van der Waals surface area contributed by atoms with Crippen molar-refractivity contribution in [3.05, 3.63) is 95.2 Å². The highest BCUT2D eigenvalue weighted by Crippen LogP contribution is 2.29. The van der Waals surface area contributed by atoms with E-state index in [4.69, 9.17) is 16.0 Å². The summed E-state index contributed by atoms with van der Waals surface area (Å²) in [7, 11) is 1.78. The smallest absolute Gasteiger partial charge is 0.137 e. The first-order valence-corrected chi connectivity index (χ1v) is 10.2. The minimum Gasteiger partial charge on any atom is -0.460 e. The van der Waals surface area contributed by atoms with E-state index in [1.165, 1.54) is 23.4 Å². The molecule has 0 aliphatic carbocycles. The Kier molecular flexibility index (Phi) is 6.36. The molecule has 4 rings (SSSR count). The second kappa shape index (κ2) is 9.20. The number of benzene rings is 2. The zero-order chi connectivity index (χ0) is 22.7. The van der Waals surface area contributed by atoms with E-state index in [-0.39, 0.29) is 18.7 Å². The Hall–Kier alpha value is -3.07. The lowest BCUT2D eigenvalue weighted by atomic mass is 9.92. The predicted octanol–water partition coefficient (Wildman–Crippen LogP) is 4.49. The Bertz CT molecular complexity index is 1180. The second-order valence-corrected chi connectivity index (χ2v) is 8.13. The number of halogens is 3. The van der Waals surface area contributed by atoms with E-state index < -0.39 is 17.2 Å². The topological polar surface area (TPSA) is 67.3 Å². The van der Waals surface area contributed by atoms with E-state index in [0.29, 0.717) is 23.1 Å². The van der Waals surface area contributed by atoms with Crippen LogP contribution in [0, 0.1) is 11.6 Å². The predicted molar refractivity (Wildman–Crippen MR) is 116 cm³/mol. The third kappa shape index (κ3) is 5.04. The number of aromatic nitrogens is 3. The molecule has 0 saturated carbocycles. The number of hydrogen-bond acceptors (Lipinski definition) is 5. The van der Waals surface area contributed by atoms with Crippen molar-refractivity contribution in [3.8, 4) is 11.3 Å². The summed E-state index contributed by atoms with van der Waals surface area (Å²) in [6.07, 6.45) is 2.75. The standard InChI is InChI=1S/C23H21ClF2N4O2/c1-29(11-19-7-9-22(32-19)16-2-4-17(24)5-3-16)12-23(31,13-30-15-27-14-28-30)20-8-6-18(25)10-21(20)26/h2-10,14-15,31H,11-13H2,1H3. The zero-order valence-electron chi connectivity index (χ0n) is 17.3. The van der Waals surface area contributed by atoms with E-state index >= 15 is 0 Å². The summed E-state index contributed by atoms with van der Waals surface area (Å²) in [5.74, 6) is -0.190. The Morgan fingerprint density at radius 2 is 1.91 bits per heavy atom. The molecule has 1 unspecified atom stereocenters. The van der Waals surface area contributed by atoms with E-state index in [9.17, 15) is 13.9 Å². The van der Waals surface area contributed by atoms with Gasteiger partial charge in [-0.3, -0.25) is 4.90 Å². The van der Waals surface area contributed by atoms with Crippen molar-refractivity contribution in [1.82, 2.24) is 19.7 Å². The normalized spacial score (nSPS) is 13.4. The minimum absolute atomic E-state index is 0.0254. The molecule has 6 nitrogen and oxygen atoms in total. The molecule has 9 heteroatoms. The molecule has 0 saturated heterocycles. The van der Waals surface area contributed by atoms with Gasteiger partial charge in [0.2, 0.25) is 0 Å². The van der Waals surface area contributed by atoms with Crippen molar-refractivity contribution in [2.24, 2.45) is 0 Å². The molecule has 0 radical (unpaired) electrons. The van der Waals surface area contributed by atoms with Crippen LogP contribution in [0.3, 0.4) is 0 Å². The molecule has 4 aromatic rings. The van der Waals surface area contributed by atoms with E-state index in [2.05, 4.69) is 10.1 Å². The van der Waals surface area contributed by atoms with Crippen LogP contribution in [0.5, 0.6) is 0 Å². The quantitative estimate of drug-likeness (QED) is 0.421. The molecule has 0 bridgehead atoms.